The normalized spacial score (nSPS) is 10.6. The van der Waals surface area contributed by atoms with E-state index in [9.17, 15) is 13.6 Å². The predicted molar refractivity (Wildman–Crippen MR) is 54.3 cm³/mol. The molecule has 94 valence electrons. The number of carbonyl (C=O) groups excluding carboxylic acids is 1. The molecule has 0 radical (unpaired) electrons. The van der Waals surface area contributed by atoms with Crippen LogP contribution in [0.4, 0.5) is 13.6 Å². The maximum atomic E-state index is 12.9. The van der Waals surface area contributed by atoms with Gasteiger partial charge in [0.05, 0.1) is 24.2 Å². The summed E-state index contributed by atoms with van der Waals surface area (Å²) in [7, 11) is 0. The number of hydrogen-bond acceptors (Lipinski definition) is 5. The highest BCUT2D eigenvalue weighted by molar-refractivity contribution is 5.68. The second-order valence-electron chi connectivity index (χ2n) is 3.15. The summed E-state index contributed by atoms with van der Waals surface area (Å²) in [5.41, 5.74) is 4.33. The fourth-order valence-electron chi connectivity index (χ4n) is 1.30. The molecule has 2 aromatic rings. The molecule has 0 fully saturated rings. The number of amides is 1. The second-order valence-corrected chi connectivity index (χ2v) is 3.15. The smallest absolute Gasteiger partial charge is 0.409 e. The lowest BCUT2D eigenvalue weighted by molar-refractivity contribution is 0.150. The lowest BCUT2D eigenvalue weighted by atomic mass is 10.2. The zero-order chi connectivity index (χ0) is 13.1. The fraction of sp³-hybridized carbons (Fsp3) is 0.111. The van der Waals surface area contributed by atoms with E-state index in [-0.39, 0.29) is 11.6 Å². The number of alkyl halides is 2. The first-order chi connectivity index (χ1) is 8.58. The van der Waals surface area contributed by atoms with Gasteiger partial charge in [-0.05, 0) is 6.07 Å². The lowest BCUT2D eigenvalue weighted by Gasteiger charge is -2.08. The van der Waals surface area contributed by atoms with E-state index in [0.29, 0.717) is 0 Å². The topological polar surface area (TPSA) is 95.9 Å². The SMILES string of the molecule is NC(=O)Oc1cnc(-n2ccnn2)c(C(F)F)c1. The Morgan fingerprint density at radius 3 is 2.83 bits per heavy atom. The van der Waals surface area contributed by atoms with Crippen LogP contribution in [0, 0.1) is 0 Å². The van der Waals surface area contributed by atoms with Crippen molar-refractivity contribution < 1.29 is 18.3 Å². The van der Waals surface area contributed by atoms with Crippen molar-refractivity contribution in [2.45, 2.75) is 6.43 Å². The summed E-state index contributed by atoms with van der Waals surface area (Å²) in [6.45, 7) is 0. The average Bonchev–Trinajstić information content (AvgIpc) is 2.81. The molecule has 2 heterocycles. The first-order valence-electron chi connectivity index (χ1n) is 4.70. The largest absolute Gasteiger partial charge is 0.410 e. The van der Waals surface area contributed by atoms with Crippen LogP contribution in [0.1, 0.15) is 12.0 Å². The number of carbonyl (C=O) groups is 1. The third-order valence-electron chi connectivity index (χ3n) is 1.96. The van der Waals surface area contributed by atoms with Crippen molar-refractivity contribution in [2.75, 3.05) is 0 Å². The highest BCUT2D eigenvalue weighted by Crippen LogP contribution is 2.27. The van der Waals surface area contributed by atoms with Crippen LogP contribution in [-0.4, -0.2) is 26.1 Å². The molecule has 0 aliphatic heterocycles. The molecule has 2 aromatic heterocycles. The Bertz CT molecular complexity index is 558. The van der Waals surface area contributed by atoms with Crippen molar-refractivity contribution in [3.8, 4) is 11.6 Å². The van der Waals surface area contributed by atoms with E-state index >= 15 is 0 Å². The summed E-state index contributed by atoms with van der Waals surface area (Å²) in [4.78, 5) is 14.3. The van der Waals surface area contributed by atoms with Gasteiger partial charge >= 0.3 is 6.09 Å². The summed E-state index contributed by atoms with van der Waals surface area (Å²) in [5, 5.41) is 7.05. The third kappa shape index (κ3) is 2.39. The minimum absolute atomic E-state index is 0.0979. The maximum Gasteiger partial charge on any atom is 0.410 e. The van der Waals surface area contributed by atoms with Gasteiger partial charge in [0, 0.05) is 0 Å². The molecule has 0 unspecified atom stereocenters. The molecule has 18 heavy (non-hydrogen) atoms. The fourth-order valence-corrected chi connectivity index (χ4v) is 1.30. The molecular formula is C9H7F2N5O2. The maximum absolute atomic E-state index is 12.9. The van der Waals surface area contributed by atoms with Gasteiger partial charge in [0.25, 0.3) is 6.43 Å². The Kier molecular flexibility index (Phi) is 3.13. The molecule has 0 aliphatic rings. The molecular weight excluding hydrogens is 248 g/mol. The minimum Gasteiger partial charge on any atom is -0.409 e. The van der Waals surface area contributed by atoms with Crippen LogP contribution < -0.4 is 10.5 Å². The van der Waals surface area contributed by atoms with Crippen molar-refractivity contribution in [2.24, 2.45) is 5.73 Å². The molecule has 0 spiro atoms. The summed E-state index contributed by atoms with van der Waals surface area (Å²) >= 11 is 0. The van der Waals surface area contributed by atoms with E-state index in [2.05, 4.69) is 20.0 Å². The van der Waals surface area contributed by atoms with E-state index in [1.54, 1.807) is 0 Å². The van der Waals surface area contributed by atoms with Crippen molar-refractivity contribution in [1.29, 1.82) is 0 Å². The number of halogens is 2. The number of hydrogen-bond donors (Lipinski definition) is 1. The highest BCUT2D eigenvalue weighted by atomic mass is 19.3. The molecule has 0 atom stereocenters. The summed E-state index contributed by atoms with van der Waals surface area (Å²) in [5.74, 6) is -0.263. The Labute approximate surface area is 99.2 Å². The molecule has 0 saturated heterocycles. The number of ether oxygens (including phenoxy) is 1. The van der Waals surface area contributed by atoms with Gasteiger partial charge in [-0.25, -0.2) is 23.2 Å². The van der Waals surface area contributed by atoms with Crippen molar-refractivity contribution >= 4 is 6.09 Å². The van der Waals surface area contributed by atoms with E-state index in [4.69, 9.17) is 5.73 Å². The standard InChI is InChI=1S/C9H7F2N5O2/c10-7(11)6-3-5(18-9(12)17)4-13-8(6)16-2-1-14-15-16/h1-4,7H,(H2,12,17). The molecule has 1 amide bonds. The van der Waals surface area contributed by atoms with Crippen LogP contribution >= 0.6 is 0 Å². The van der Waals surface area contributed by atoms with Gasteiger partial charge in [-0.3, -0.25) is 0 Å². The van der Waals surface area contributed by atoms with E-state index in [1.165, 1.54) is 12.4 Å². The van der Waals surface area contributed by atoms with Crippen molar-refractivity contribution in [3.05, 3.63) is 30.2 Å². The molecule has 2 N–H and O–H groups in total. The van der Waals surface area contributed by atoms with Gasteiger partial charge < -0.3 is 10.5 Å². The lowest BCUT2D eigenvalue weighted by Crippen LogP contribution is -2.17. The zero-order valence-electron chi connectivity index (χ0n) is 8.83. The molecule has 0 saturated carbocycles. The van der Waals surface area contributed by atoms with Gasteiger partial charge in [-0.2, -0.15) is 0 Å². The highest BCUT2D eigenvalue weighted by Gasteiger charge is 2.18. The molecule has 9 heteroatoms. The zero-order valence-corrected chi connectivity index (χ0v) is 8.83. The monoisotopic (exact) mass is 255 g/mol. The van der Waals surface area contributed by atoms with Crippen LogP contribution in [0.2, 0.25) is 0 Å². The first kappa shape index (κ1) is 11.9. The first-order valence-corrected chi connectivity index (χ1v) is 4.70. The number of primary amides is 1. The Hall–Kier alpha value is -2.58. The second kappa shape index (κ2) is 4.73. The summed E-state index contributed by atoms with van der Waals surface area (Å²) < 4.78 is 31.3. The van der Waals surface area contributed by atoms with E-state index in [0.717, 1.165) is 16.9 Å². The summed E-state index contributed by atoms with van der Waals surface area (Å²) in [6.07, 6.45) is -0.139. The molecule has 0 aliphatic carbocycles. The predicted octanol–water partition coefficient (Wildman–Crippen LogP) is 1.06. The van der Waals surface area contributed by atoms with Gasteiger partial charge in [0.15, 0.2) is 11.6 Å². The minimum atomic E-state index is -2.81. The van der Waals surface area contributed by atoms with Crippen LogP contribution in [0.25, 0.3) is 5.82 Å². The van der Waals surface area contributed by atoms with Crippen LogP contribution in [0.3, 0.4) is 0 Å². The molecule has 0 aromatic carbocycles. The molecule has 0 bridgehead atoms. The van der Waals surface area contributed by atoms with Gasteiger partial charge in [-0.15, -0.1) is 5.10 Å². The van der Waals surface area contributed by atoms with Crippen LogP contribution in [0.5, 0.6) is 5.75 Å². The molecule has 2 rings (SSSR count). The Morgan fingerprint density at radius 1 is 1.50 bits per heavy atom. The molecule has 7 nitrogen and oxygen atoms in total. The van der Waals surface area contributed by atoms with Crippen molar-refractivity contribution in [3.63, 3.8) is 0 Å². The number of pyridine rings is 1. The number of nitrogens with zero attached hydrogens (tertiary/aromatic N) is 4. The number of rotatable bonds is 3. The Morgan fingerprint density at radius 2 is 2.28 bits per heavy atom. The van der Waals surface area contributed by atoms with Crippen LogP contribution in [0.15, 0.2) is 24.7 Å². The van der Waals surface area contributed by atoms with E-state index in [1.807, 2.05) is 0 Å². The summed E-state index contributed by atoms with van der Waals surface area (Å²) in [6, 6.07) is 0.972. The quantitative estimate of drug-likeness (QED) is 0.884. The van der Waals surface area contributed by atoms with Gasteiger partial charge in [-0.1, -0.05) is 5.21 Å². The number of aromatic nitrogens is 4. The van der Waals surface area contributed by atoms with E-state index < -0.39 is 18.1 Å². The average molecular weight is 255 g/mol. The third-order valence-corrected chi connectivity index (χ3v) is 1.96. The van der Waals surface area contributed by atoms with Gasteiger partial charge in [0.2, 0.25) is 0 Å². The Balaban J connectivity index is 2.45. The van der Waals surface area contributed by atoms with Gasteiger partial charge in [0.1, 0.15) is 0 Å². The van der Waals surface area contributed by atoms with Crippen molar-refractivity contribution in [1.82, 2.24) is 20.0 Å². The van der Waals surface area contributed by atoms with Crippen LogP contribution in [-0.2, 0) is 0 Å². The number of nitrogens with two attached hydrogens (primary N) is 1.